The van der Waals surface area contributed by atoms with Crippen LogP contribution in [0.1, 0.15) is 23.3 Å². The van der Waals surface area contributed by atoms with E-state index < -0.39 is 28.3 Å². The van der Waals surface area contributed by atoms with Crippen LogP contribution in [0, 0.1) is 17.7 Å². The predicted octanol–water partition coefficient (Wildman–Crippen LogP) is 5.53. The van der Waals surface area contributed by atoms with Gasteiger partial charge in [0.15, 0.2) is 9.84 Å². The van der Waals surface area contributed by atoms with Crippen molar-refractivity contribution in [3.63, 3.8) is 0 Å². The van der Waals surface area contributed by atoms with Crippen molar-refractivity contribution in [2.45, 2.75) is 36.4 Å². The van der Waals surface area contributed by atoms with Crippen LogP contribution in [0.25, 0.3) is 10.1 Å². The minimum Gasteiger partial charge on any atom is -0.495 e. The van der Waals surface area contributed by atoms with Crippen LogP contribution in [-0.4, -0.2) is 65.6 Å². The van der Waals surface area contributed by atoms with Crippen molar-refractivity contribution in [2.24, 2.45) is 0 Å². The molecule has 210 valence electrons. The number of hydrogen-bond acceptors (Lipinski definition) is 7. The smallest absolute Gasteiger partial charge is 0.393 e. The summed E-state index contributed by atoms with van der Waals surface area (Å²) in [5.41, 5.74) is 0.910. The van der Waals surface area contributed by atoms with Crippen LogP contribution in [0.2, 0.25) is 0 Å². The zero-order valence-corrected chi connectivity index (χ0v) is 23.3. The van der Waals surface area contributed by atoms with E-state index in [0.29, 0.717) is 16.1 Å². The Morgan fingerprint density at radius 2 is 1.85 bits per heavy atom. The topological polar surface area (TPSA) is 70.7 Å². The van der Waals surface area contributed by atoms with Gasteiger partial charge in [-0.3, -0.25) is 0 Å². The molecule has 3 aromatic rings. The maximum atomic E-state index is 14.9. The molecule has 0 radical (unpaired) electrons. The largest absolute Gasteiger partial charge is 0.495 e. The van der Waals surface area contributed by atoms with Gasteiger partial charge in [-0.05, 0) is 62.8 Å². The standard InChI is InChI=1S/C27H29F4N3O3S2/c1-34-13-10-17(11-14-34)33-22-9-7-20(28)25-19(16-27(29,30)31)24(38-26(22)25)5-4-12-32-21-8-6-18(39(3,35)36)15-23(21)37-2/h6-9,15,17,32-33H,10-14,16H2,1-3H3. The van der Waals surface area contributed by atoms with Crippen LogP contribution < -0.4 is 15.4 Å². The third-order valence-corrected chi connectivity index (χ3v) is 8.80. The van der Waals surface area contributed by atoms with Gasteiger partial charge in [-0.2, -0.15) is 13.2 Å². The SMILES string of the molecule is COc1cc(S(C)(=O)=O)ccc1NCC#Cc1sc2c(NC3CCN(C)CC3)ccc(F)c2c1CC(F)(F)F. The van der Waals surface area contributed by atoms with E-state index >= 15 is 0 Å². The summed E-state index contributed by atoms with van der Waals surface area (Å²) < 4.78 is 84.8. The zero-order valence-electron chi connectivity index (χ0n) is 21.7. The van der Waals surface area contributed by atoms with Crippen LogP contribution in [0.3, 0.4) is 0 Å². The van der Waals surface area contributed by atoms with E-state index in [1.54, 1.807) is 6.07 Å². The van der Waals surface area contributed by atoms with Gasteiger partial charge in [-0.25, -0.2) is 12.8 Å². The highest BCUT2D eigenvalue weighted by molar-refractivity contribution is 7.90. The number of likely N-dealkylation sites (tertiary alicyclic amines) is 1. The minimum absolute atomic E-state index is 0.0392. The molecule has 12 heteroatoms. The third-order valence-electron chi connectivity index (χ3n) is 6.51. The molecule has 0 unspecified atom stereocenters. The van der Waals surface area contributed by atoms with E-state index in [1.807, 2.05) is 7.05 Å². The Kier molecular flexibility index (Phi) is 8.63. The van der Waals surface area contributed by atoms with E-state index in [2.05, 4.69) is 27.4 Å². The monoisotopic (exact) mass is 583 g/mol. The Labute approximate surface area is 229 Å². The number of hydrogen-bond donors (Lipinski definition) is 2. The molecule has 1 fully saturated rings. The number of nitrogens with one attached hydrogen (secondary N) is 2. The van der Waals surface area contributed by atoms with Gasteiger partial charge in [0, 0.05) is 23.8 Å². The van der Waals surface area contributed by atoms with Gasteiger partial charge in [0.2, 0.25) is 0 Å². The van der Waals surface area contributed by atoms with Crippen LogP contribution in [0.15, 0.2) is 35.2 Å². The highest BCUT2D eigenvalue weighted by Crippen LogP contribution is 2.41. The first-order chi connectivity index (χ1) is 18.4. The van der Waals surface area contributed by atoms with Gasteiger partial charge in [-0.15, -0.1) is 11.3 Å². The zero-order chi connectivity index (χ0) is 28.4. The summed E-state index contributed by atoms with van der Waals surface area (Å²) in [6, 6.07) is 7.25. The van der Waals surface area contributed by atoms with Crippen molar-refractivity contribution in [3.8, 4) is 17.6 Å². The molecule has 0 bridgehead atoms. The van der Waals surface area contributed by atoms with E-state index in [-0.39, 0.29) is 39.1 Å². The van der Waals surface area contributed by atoms with Gasteiger partial charge in [0.25, 0.3) is 0 Å². The fourth-order valence-electron chi connectivity index (χ4n) is 4.49. The van der Waals surface area contributed by atoms with Crippen LogP contribution in [0.4, 0.5) is 28.9 Å². The van der Waals surface area contributed by atoms with Gasteiger partial charge < -0.3 is 20.3 Å². The second kappa shape index (κ2) is 11.6. The van der Waals surface area contributed by atoms with Gasteiger partial charge in [-0.1, -0.05) is 11.8 Å². The Hall–Kier alpha value is -3.01. The summed E-state index contributed by atoms with van der Waals surface area (Å²) in [7, 11) is 0.00138. The molecule has 1 saturated heterocycles. The van der Waals surface area contributed by atoms with Crippen LogP contribution >= 0.6 is 11.3 Å². The molecule has 0 spiro atoms. The molecule has 2 N–H and O–H groups in total. The van der Waals surface area contributed by atoms with E-state index in [1.165, 1.54) is 31.4 Å². The Morgan fingerprint density at radius 3 is 2.49 bits per heavy atom. The molecule has 6 nitrogen and oxygen atoms in total. The Bertz CT molecular complexity index is 1520. The molecule has 1 aliphatic heterocycles. The van der Waals surface area contributed by atoms with Crippen LogP contribution in [0.5, 0.6) is 5.75 Å². The summed E-state index contributed by atoms with van der Waals surface area (Å²) in [6.07, 6.45) is -2.99. The van der Waals surface area contributed by atoms with Crippen molar-refractivity contribution in [2.75, 3.05) is 50.7 Å². The number of halogens is 4. The Morgan fingerprint density at radius 1 is 1.15 bits per heavy atom. The number of rotatable bonds is 7. The maximum Gasteiger partial charge on any atom is 0.393 e. The molecule has 1 aliphatic rings. The third kappa shape index (κ3) is 7.15. The molecule has 4 rings (SSSR count). The number of sulfone groups is 1. The van der Waals surface area contributed by atoms with Crippen molar-refractivity contribution in [1.29, 1.82) is 0 Å². The second-order valence-electron chi connectivity index (χ2n) is 9.51. The van der Waals surface area contributed by atoms with Crippen molar-refractivity contribution < 1.29 is 30.7 Å². The molecule has 0 aliphatic carbocycles. The first-order valence-electron chi connectivity index (χ1n) is 12.2. The van der Waals surface area contributed by atoms with Crippen molar-refractivity contribution in [1.82, 2.24) is 4.90 Å². The average Bonchev–Trinajstić information content (AvgIpc) is 3.21. The van der Waals surface area contributed by atoms with E-state index in [0.717, 1.165) is 43.5 Å². The lowest BCUT2D eigenvalue weighted by Gasteiger charge is -2.30. The van der Waals surface area contributed by atoms with E-state index in [4.69, 9.17) is 4.74 Å². The number of methoxy groups -OCH3 is 1. The Balaban J connectivity index is 1.63. The van der Waals surface area contributed by atoms with Crippen LogP contribution in [-0.2, 0) is 16.3 Å². The lowest BCUT2D eigenvalue weighted by Crippen LogP contribution is -2.36. The van der Waals surface area contributed by atoms with Crippen molar-refractivity contribution >= 4 is 42.6 Å². The molecule has 2 aromatic carbocycles. The predicted molar refractivity (Wildman–Crippen MR) is 147 cm³/mol. The van der Waals surface area contributed by atoms with Crippen molar-refractivity contribution in [3.05, 3.63) is 46.6 Å². The fraction of sp³-hybridized carbons (Fsp3) is 0.407. The summed E-state index contributed by atoms with van der Waals surface area (Å²) >= 11 is 1.05. The molecular formula is C27H29F4N3O3S2. The number of thiophene rings is 1. The highest BCUT2D eigenvalue weighted by atomic mass is 32.2. The summed E-state index contributed by atoms with van der Waals surface area (Å²) in [5, 5.41) is 6.35. The summed E-state index contributed by atoms with van der Waals surface area (Å²) in [6.45, 7) is 1.84. The molecule has 39 heavy (non-hydrogen) atoms. The number of nitrogens with zero attached hydrogens (tertiary/aromatic N) is 1. The molecule has 0 atom stereocenters. The first-order valence-corrected chi connectivity index (χ1v) is 14.9. The lowest BCUT2D eigenvalue weighted by atomic mass is 10.0. The van der Waals surface area contributed by atoms with Gasteiger partial charge >= 0.3 is 6.18 Å². The average molecular weight is 584 g/mol. The molecular weight excluding hydrogens is 554 g/mol. The normalized spacial score (nSPS) is 15.2. The highest BCUT2D eigenvalue weighted by Gasteiger charge is 2.32. The number of piperidine rings is 1. The number of fused-ring (bicyclic) bond motifs is 1. The molecule has 0 amide bonds. The molecule has 2 heterocycles. The second-order valence-corrected chi connectivity index (χ2v) is 12.5. The first kappa shape index (κ1) is 29.0. The quantitative estimate of drug-likeness (QED) is 0.282. The number of alkyl halides is 3. The summed E-state index contributed by atoms with van der Waals surface area (Å²) in [4.78, 5) is 2.45. The fourth-order valence-corrected chi connectivity index (χ4v) is 6.31. The number of ether oxygens (including phenoxy) is 1. The lowest BCUT2D eigenvalue weighted by molar-refractivity contribution is -0.127. The summed E-state index contributed by atoms with van der Waals surface area (Å²) in [5.74, 6) is 5.19. The van der Waals surface area contributed by atoms with Gasteiger partial charge in [0.05, 0.1) is 45.9 Å². The maximum absolute atomic E-state index is 14.9. The van der Waals surface area contributed by atoms with Gasteiger partial charge in [0.1, 0.15) is 11.6 Å². The van der Waals surface area contributed by atoms with E-state index in [9.17, 15) is 26.0 Å². The minimum atomic E-state index is -4.54. The number of benzene rings is 2. The molecule has 1 aromatic heterocycles. The molecule has 0 saturated carbocycles. The number of anilines is 2.